The van der Waals surface area contributed by atoms with Gasteiger partial charge >= 0.3 is 0 Å². The topological polar surface area (TPSA) is 22.2 Å². The van der Waals surface area contributed by atoms with Crippen LogP contribution in [0.5, 0.6) is 0 Å². The maximum Gasteiger partial charge on any atom is 0.146 e. The summed E-state index contributed by atoms with van der Waals surface area (Å²) in [5, 5.41) is 8.35. The van der Waals surface area contributed by atoms with E-state index in [1.54, 1.807) is 0 Å². The minimum absolute atomic E-state index is 0.925. The quantitative estimate of drug-likeness (QED) is 0.216. The van der Waals surface area contributed by atoms with E-state index < -0.39 is 0 Å². The second-order valence-corrected chi connectivity index (χ2v) is 10.4. The molecule has 0 amide bonds. The third kappa shape index (κ3) is 2.81. The number of para-hydroxylation sites is 5. The van der Waals surface area contributed by atoms with Crippen molar-refractivity contribution >= 4 is 70.8 Å². The summed E-state index contributed by atoms with van der Waals surface area (Å²) in [6.45, 7) is 0. The fourth-order valence-electron chi connectivity index (χ4n) is 6.65. The zero-order valence-electron chi connectivity index (χ0n) is 21.6. The van der Waals surface area contributed by atoms with Crippen LogP contribution in [0.3, 0.4) is 0 Å². The Bertz CT molecular complexity index is 2440. The van der Waals surface area contributed by atoms with Gasteiger partial charge in [0.15, 0.2) is 0 Å². The van der Waals surface area contributed by atoms with Crippen molar-refractivity contribution in [3.63, 3.8) is 0 Å². The fraction of sp³-hybridized carbons (Fsp3) is 0. The van der Waals surface area contributed by atoms with Gasteiger partial charge in [0, 0.05) is 32.3 Å². The lowest BCUT2D eigenvalue weighted by Gasteiger charge is -2.09. The molecule has 186 valence electrons. The smallest absolute Gasteiger partial charge is 0.146 e. The highest BCUT2D eigenvalue weighted by Crippen LogP contribution is 2.37. The van der Waals surface area contributed by atoms with Gasteiger partial charge in [0.05, 0.1) is 33.1 Å². The number of hydrogen-bond donors (Lipinski definition) is 0. The Labute approximate surface area is 229 Å². The summed E-state index contributed by atoms with van der Waals surface area (Å²) in [6.07, 6.45) is 0. The Hall–Kier alpha value is -5.41. The van der Waals surface area contributed by atoms with Crippen LogP contribution in [-0.2, 0) is 0 Å². The number of hydrogen-bond acceptors (Lipinski definition) is 1. The van der Waals surface area contributed by atoms with Crippen molar-refractivity contribution in [1.29, 1.82) is 0 Å². The Morgan fingerprint density at radius 3 is 1.38 bits per heavy atom. The molecule has 0 fully saturated rings. The van der Waals surface area contributed by atoms with Crippen LogP contribution in [0, 0.1) is 0 Å². The molecule has 0 unspecified atom stereocenters. The Morgan fingerprint density at radius 2 is 0.775 bits per heavy atom. The molecular weight excluding hydrogens is 486 g/mol. The van der Waals surface area contributed by atoms with Gasteiger partial charge in [-0.05, 0) is 35.7 Å². The van der Waals surface area contributed by atoms with Crippen molar-refractivity contribution < 1.29 is 0 Å². The highest BCUT2D eigenvalue weighted by Gasteiger charge is 2.17. The van der Waals surface area contributed by atoms with Gasteiger partial charge < -0.3 is 4.40 Å². The monoisotopic (exact) mass is 509 g/mol. The maximum absolute atomic E-state index is 5.60. The molecule has 0 atom stereocenters. The minimum Gasteiger partial charge on any atom is -0.307 e. The third-order valence-electron chi connectivity index (χ3n) is 8.29. The fourth-order valence-corrected chi connectivity index (χ4v) is 6.65. The Balaban J connectivity index is 1.66. The first-order chi connectivity index (χ1) is 19.9. The Kier molecular flexibility index (Phi) is 4.33. The van der Waals surface area contributed by atoms with Crippen LogP contribution in [-0.4, -0.2) is 14.0 Å². The lowest BCUT2D eigenvalue weighted by molar-refractivity contribution is 1.12. The number of aromatic nitrogens is 3. The molecule has 0 saturated carbocycles. The second-order valence-electron chi connectivity index (χ2n) is 10.4. The molecule has 9 rings (SSSR count). The predicted octanol–water partition coefficient (Wildman–Crippen LogP) is 9.61. The molecule has 0 bridgehead atoms. The summed E-state index contributed by atoms with van der Waals surface area (Å²) < 4.78 is 4.76. The summed E-state index contributed by atoms with van der Waals surface area (Å²) in [4.78, 5) is 5.60. The zero-order valence-corrected chi connectivity index (χ0v) is 21.6. The second kappa shape index (κ2) is 8.05. The standard InChI is InChI=1S/C37H23N3/c1-2-17-30-24(12-1)25-13-3-7-20-32(25)39-33-21-8-6-16-28(33)29-18-11-19-31(36(29)39)38-37(30)40-34-22-9-4-14-26(34)27-15-5-10-23-35(27)40/h1-23H. The molecule has 3 nitrogen and oxygen atoms in total. The van der Waals surface area contributed by atoms with E-state index in [0.29, 0.717) is 0 Å². The normalized spacial score (nSPS) is 12.0. The zero-order chi connectivity index (χ0) is 26.2. The molecule has 9 aromatic rings. The lowest BCUT2D eigenvalue weighted by atomic mass is 10.1. The largest absolute Gasteiger partial charge is 0.307 e. The first kappa shape index (κ1) is 21.5. The molecule has 3 heteroatoms. The van der Waals surface area contributed by atoms with Gasteiger partial charge in [0.25, 0.3) is 0 Å². The van der Waals surface area contributed by atoms with Crippen LogP contribution in [0.1, 0.15) is 0 Å². The van der Waals surface area contributed by atoms with Crippen molar-refractivity contribution in [1.82, 2.24) is 14.0 Å². The predicted molar refractivity (Wildman–Crippen MR) is 168 cm³/mol. The van der Waals surface area contributed by atoms with Gasteiger partial charge in [-0.15, -0.1) is 0 Å². The summed E-state index contributed by atoms with van der Waals surface area (Å²) in [5.74, 6) is 0.925. The molecule has 0 aliphatic rings. The van der Waals surface area contributed by atoms with E-state index in [9.17, 15) is 0 Å². The van der Waals surface area contributed by atoms with Crippen LogP contribution in [0.2, 0.25) is 0 Å². The molecule has 0 saturated heterocycles. The van der Waals surface area contributed by atoms with E-state index in [1.165, 1.54) is 32.4 Å². The molecule has 3 heterocycles. The lowest BCUT2D eigenvalue weighted by Crippen LogP contribution is -1.97. The van der Waals surface area contributed by atoms with E-state index in [0.717, 1.165) is 44.2 Å². The first-order valence-corrected chi connectivity index (χ1v) is 13.7. The van der Waals surface area contributed by atoms with E-state index in [4.69, 9.17) is 4.98 Å². The average Bonchev–Trinajstić information content (AvgIpc) is 3.54. The van der Waals surface area contributed by atoms with Crippen molar-refractivity contribution in [2.75, 3.05) is 0 Å². The number of rotatable bonds is 1. The van der Waals surface area contributed by atoms with E-state index >= 15 is 0 Å². The van der Waals surface area contributed by atoms with Crippen molar-refractivity contribution in [2.24, 2.45) is 0 Å². The SMILES string of the molecule is c1ccc2c(c1)c(-n1c3ccccc3c3ccccc31)nc1cccc3c4ccccc4n(c4ccccc24)c13. The highest BCUT2D eigenvalue weighted by molar-refractivity contribution is 6.17. The van der Waals surface area contributed by atoms with E-state index in [-0.39, 0.29) is 0 Å². The molecule has 0 N–H and O–H groups in total. The van der Waals surface area contributed by atoms with Crippen molar-refractivity contribution in [3.05, 3.63) is 140 Å². The molecule has 0 spiro atoms. The van der Waals surface area contributed by atoms with Gasteiger partial charge in [-0.1, -0.05) is 109 Å². The highest BCUT2D eigenvalue weighted by atomic mass is 15.1. The molecular formula is C37H23N3. The van der Waals surface area contributed by atoms with Crippen molar-refractivity contribution in [2.45, 2.75) is 0 Å². The van der Waals surface area contributed by atoms with Crippen LogP contribution in [0.25, 0.3) is 76.6 Å². The molecule has 0 aliphatic heterocycles. The van der Waals surface area contributed by atoms with Crippen LogP contribution in [0.15, 0.2) is 140 Å². The maximum atomic E-state index is 5.60. The summed E-state index contributed by atoms with van der Waals surface area (Å²) >= 11 is 0. The molecule has 0 aliphatic carbocycles. The minimum atomic E-state index is 0.925. The van der Waals surface area contributed by atoms with Crippen LogP contribution < -0.4 is 0 Å². The number of fused-ring (bicyclic) bond motifs is 10. The number of benzene rings is 6. The third-order valence-corrected chi connectivity index (χ3v) is 8.29. The van der Waals surface area contributed by atoms with Gasteiger partial charge in [-0.25, -0.2) is 4.98 Å². The molecule has 0 radical (unpaired) electrons. The number of nitrogens with zero attached hydrogens (tertiary/aromatic N) is 3. The Morgan fingerprint density at radius 1 is 0.350 bits per heavy atom. The summed E-state index contributed by atoms with van der Waals surface area (Å²) in [6, 6.07) is 50.0. The van der Waals surface area contributed by atoms with Gasteiger partial charge in [-0.3, -0.25) is 4.57 Å². The summed E-state index contributed by atoms with van der Waals surface area (Å²) in [5.41, 5.74) is 6.73. The molecule has 3 aromatic heterocycles. The van der Waals surface area contributed by atoms with E-state index in [1.807, 2.05) is 0 Å². The van der Waals surface area contributed by atoms with Gasteiger partial charge in [-0.2, -0.15) is 0 Å². The van der Waals surface area contributed by atoms with E-state index in [2.05, 4.69) is 148 Å². The van der Waals surface area contributed by atoms with Gasteiger partial charge in [0.2, 0.25) is 0 Å². The average molecular weight is 510 g/mol. The van der Waals surface area contributed by atoms with Crippen LogP contribution >= 0.6 is 0 Å². The van der Waals surface area contributed by atoms with Gasteiger partial charge in [0.1, 0.15) is 5.82 Å². The summed E-state index contributed by atoms with van der Waals surface area (Å²) in [7, 11) is 0. The molecule has 40 heavy (non-hydrogen) atoms. The van der Waals surface area contributed by atoms with Crippen molar-refractivity contribution in [3.8, 4) is 5.82 Å². The molecule has 6 aromatic carbocycles. The van der Waals surface area contributed by atoms with Crippen LogP contribution in [0.4, 0.5) is 0 Å². The first-order valence-electron chi connectivity index (χ1n) is 13.7.